The smallest absolute Gasteiger partial charge is 0.323 e. The topological polar surface area (TPSA) is 69.6 Å². The van der Waals surface area contributed by atoms with Crippen LogP contribution in [0.1, 0.15) is 36.4 Å². The molecule has 0 amide bonds. The van der Waals surface area contributed by atoms with Crippen molar-refractivity contribution in [2.45, 2.75) is 31.8 Å². The van der Waals surface area contributed by atoms with Gasteiger partial charge >= 0.3 is 5.97 Å². The van der Waals surface area contributed by atoms with Gasteiger partial charge in [-0.25, -0.2) is 14.4 Å². The summed E-state index contributed by atoms with van der Waals surface area (Å²) in [5, 5.41) is 8.84. The molecule has 1 fully saturated rings. The normalized spacial score (nSPS) is 17.8. The molecular weight excluding hydrogens is 335 g/mol. The summed E-state index contributed by atoms with van der Waals surface area (Å²) in [6, 6.07) is 7.01. The Morgan fingerprint density at radius 1 is 1.35 bits per heavy atom. The lowest BCUT2D eigenvalue weighted by molar-refractivity contribution is -0.135. The standard InChI is InChI=1S/C19H23FN4O2/c1-23(13-18(25)26)19-21-10-14(11-22-19)12-24-8-3-2-7-17(24)15-5-4-6-16(20)9-15/h4-6,9-11,17H,2-3,7-8,12-13H2,1H3,(H,25,26)/t17-/m0/s1. The van der Waals surface area contributed by atoms with E-state index in [4.69, 9.17) is 5.11 Å². The summed E-state index contributed by atoms with van der Waals surface area (Å²) >= 11 is 0. The molecule has 6 nitrogen and oxygen atoms in total. The van der Waals surface area contributed by atoms with E-state index in [1.54, 1.807) is 31.6 Å². The van der Waals surface area contributed by atoms with E-state index in [1.807, 2.05) is 6.07 Å². The largest absolute Gasteiger partial charge is 0.480 e. The van der Waals surface area contributed by atoms with Gasteiger partial charge in [0.25, 0.3) is 0 Å². The number of piperidine rings is 1. The van der Waals surface area contributed by atoms with Crippen molar-refractivity contribution in [1.29, 1.82) is 0 Å². The Labute approximate surface area is 152 Å². The average molecular weight is 358 g/mol. The summed E-state index contributed by atoms with van der Waals surface area (Å²) in [5.74, 6) is -0.745. The number of rotatable bonds is 6. The molecule has 2 heterocycles. The Morgan fingerprint density at radius 3 is 2.81 bits per heavy atom. The number of nitrogens with zero attached hydrogens (tertiary/aromatic N) is 4. The molecule has 1 saturated heterocycles. The zero-order chi connectivity index (χ0) is 18.5. The van der Waals surface area contributed by atoms with Crippen LogP contribution in [0.2, 0.25) is 0 Å². The van der Waals surface area contributed by atoms with Gasteiger partial charge in [-0.15, -0.1) is 0 Å². The number of aliphatic carboxylic acids is 1. The molecule has 138 valence electrons. The van der Waals surface area contributed by atoms with E-state index in [2.05, 4.69) is 14.9 Å². The molecule has 7 heteroatoms. The fourth-order valence-corrected chi connectivity index (χ4v) is 3.41. The van der Waals surface area contributed by atoms with Gasteiger partial charge in [-0.3, -0.25) is 9.69 Å². The highest BCUT2D eigenvalue weighted by atomic mass is 19.1. The van der Waals surface area contributed by atoms with Gasteiger partial charge in [0.15, 0.2) is 0 Å². The van der Waals surface area contributed by atoms with Crippen LogP contribution in [0, 0.1) is 5.82 Å². The minimum Gasteiger partial charge on any atom is -0.480 e. The summed E-state index contributed by atoms with van der Waals surface area (Å²) < 4.78 is 13.6. The molecule has 1 aliphatic rings. The van der Waals surface area contributed by atoms with Crippen molar-refractivity contribution in [1.82, 2.24) is 14.9 Å². The van der Waals surface area contributed by atoms with E-state index in [0.29, 0.717) is 12.5 Å². The van der Waals surface area contributed by atoms with Crippen LogP contribution in [0.3, 0.4) is 0 Å². The Kier molecular flexibility index (Phi) is 5.78. The lowest BCUT2D eigenvalue weighted by Gasteiger charge is -2.36. The van der Waals surface area contributed by atoms with Crippen LogP contribution in [-0.4, -0.2) is 46.1 Å². The highest BCUT2D eigenvalue weighted by molar-refractivity contribution is 5.72. The summed E-state index contributed by atoms with van der Waals surface area (Å²) in [6.07, 6.45) is 6.72. The maximum absolute atomic E-state index is 13.6. The van der Waals surface area contributed by atoms with E-state index in [9.17, 15) is 9.18 Å². The first kappa shape index (κ1) is 18.3. The molecule has 1 atom stereocenters. The van der Waals surface area contributed by atoms with Gasteiger partial charge in [0.05, 0.1) is 0 Å². The third-order valence-electron chi connectivity index (χ3n) is 4.64. The molecular formula is C19H23FN4O2. The number of anilines is 1. The summed E-state index contributed by atoms with van der Waals surface area (Å²) in [6.45, 7) is 1.49. The number of carboxylic acids is 1. The van der Waals surface area contributed by atoms with Crippen molar-refractivity contribution < 1.29 is 14.3 Å². The lowest BCUT2D eigenvalue weighted by atomic mass is 9.95. The van der Waals surface area contributed by atoms with Gasteiger partial charge in [-0.05, 0) is 37.1 Å². The van der Waals surface area contributed by atoms with E-state index in [1.165, 1.54) is 11.0 Å². The molecule has 0 bridgehead atoms. The van der Waals surface area contributed by atoms with Crippen LogP contribution in [0.4, 0.5) is 10.3 Å². The van der Waals surface area contributed by atoms with Crippen molar-refractivity contribution in [2.24, 2.45) is 0 Å². The Bertz CT molecular complexity index is 753. The van der Waals surface area contributed by atoms with E-state index in [0.717, 1.165) is 36.9 Å². The van der Waals surface area contributed by atoms with Crippen LogP contribution >= 0.6 is 0 Å². The predicted octanol–water partition coefficient (Wildman–Crippen LogP) is 2.86. The fourth-order valence-electron chi connectivity index (χ4n) is 3.41. The van der Waals surface area contributed by atoms with Crippen molar-refractivity contribution in [2.75, 3.05) is 25.0 Å². The highest BCUT2D eigenvalue weighted by Crippen LogP contribution is 2.32. The van der Waals surface area contributed by atoms with Gasteiger partial charge in [0.2, 0.25) is 5.95 Å². The monoisotopic (exact) mass is 358 g/mol. The summed E-state index contributed by atoms with van der Waals surface area (Å²) in [4.78, 5) is 23.1. The number of aromatic nitrogens is 2. The van der Waals surface area contributed by atoms with Crippen molar-refractivity contribution >= 4 is 11.9 Å². The van der Waals surface area contributed by atoms with E-state index in [-0.39, 0.29) is 18.4 Å². The summed E-state index contributed by atoms with van der Waals surface area (Å²) in [5.41, 5.74) is 1.96. The number of hydrogen-bond donors (Lipinski definition) is 1. The molecule has 0 spiro atoms. The first-order chi connectivity index (χ1) is 12.5. The molecule has 2 aromatic rings. The molecule has 1 aromatic carbocycles. The maximum Gasteiger partial charge on any atom is 0.323 e. The number of benzene rings is 1. The van der Waals surface area contributed by atoms with E-state index < -0.39 is 5.97 Å². The molecule has 26 heavy (non-hydrogen) atoms. The second-order valence-corrected chi connectivity index (χ2v) is 6.68. The van der Waals surface area contributed by atoms with Crippen LogP contribution < -0.4 is 4.90 Å². The molecule has 0 aliphatic carbocycles. The molecule has 1 aliphatic heterocycles. The Morgan fingerprint density at radius 2 is 2.12 bits per heavy atom. The minimum absolute atomic E-state index is 0.146. The maximum atomic E-state index is 13.6. The van der Waals surface area contributed by atoms with Gasteiger partial charge in [-0.2, -0.15) is 0 Å². The van der Waals surface area contributed by atoms with Crippen LogP contribution in [-0.2, 0) is 11.3 Å². The number of carbonyl (C=O) groups is 1. The number of likely N-dealkylation sites (tertiary alicyclic amines) is 1. The molecule has 0 unspecified atom stereocenters. The zero-order valence-electron chi connectivity index (χ0n) is 14.8. The van der Waals surface area contributed by atoms with Gasteiger partial charge in [0, 0.05) is 37.6 Å². The van der Waals surface area contributed by atoms with Crippen LogP contribution in [0.25, 0.3) is 0 Å². The molecule has 0 radical (unpaired) electrons. The molecule has 0 saturated carbocycles. The van der Waals surface area contributed by atoms with Crippen LogP contribution in [0.5, 0.6) is 0 Å². The lowest BCUT2D eigenvalue weighted by Crippen LogP contribution is -2.33. The van der Waals surface area contributed by atoms with Crippen molar-refractivity contribution in [3.8, 4) is 0 Å². The second-order valence-electron chi connectivity index (χ2n) is 6.68. The summed E-state index contributed by atoms with van der Waals surface area (Å²) in [7, 11) is 1.65. The number of likely N-dealkylation sites (N-methyl/N-ethyl adjacent to an activating group) is 1. The van der Waals surface area contributed by atoms with Gasteiger partial charge < -0.3 is 10.0 Å². The molecule has 3 rings (SSSR count). The molecule has 1 aromatic heterocycles. The van der Waals surface area contributed by atoms with Crippen molar-refractivity contribution in [3.63, 3.8) is 0 Å². The minimum atomic E-state index is -0.925. The first-order valence-electron chi connectivity index (χ1n) is 8.76. The SMILES string of the molecule is CN(CC(=O)O)c1ncc(CN2CCCC[C@H]2c2cccc(F)c2)cn1. The Hall–Kier alpha value is -2.54. The second kappa shape index (κ2) is 8.23. The predicted molar refractivity (Wildman–Crippen MR) is 96.3 cm³/mol. The Balaban J connectivity index is 1.71. The van der Waals surface area contributed by atoms with Crippen LogP contribution in [0.15, 0.2) is 36.7 Å². The molecule has 1 N–H and O–H groups in total. The third kappa shape index (κ3) is 4.54. The average Bonchev–Trinajstić information content (AvgIpc) is 2.62. The van der Waals surface area contributed by atoms with Gasteiger partial charge in [-0.1, -0.05) is 18.6 Å². The highest BCUT2D eigenvalue weighted by Gasteiger charge is 2.24. The zero-order valence-corrected chi connectivity index (χ0v) is 14.8. The number of halogens is 1. The van der Waals surface area contributed by atoms with Crippen molar-refractivity contribution in [3.05, 3.63) is 53.6 Å². The number of hydrogen-bond acceptors (Lipinski definition) is 5. The fraction of sp³-hybridized carbons (Fsp3) is 0.421. The quantitative estimate of drug-likeness (QED) is 0.856. The first-order valence-corrected chi connectivity index (χ1v) is 8.76. The third-order valence-corrected chi connectivity index (χ3v) is 4.64. The van der Waals surface area contributed by atoms with E-state index >= 15 is 0 Å². The number of carboxylic acid groups (broad SMARTS) is 1. The van der Waals surface area contributed by atoms with Gasteiger partial charge in [0.1, 0.15) is 12.4 Å².